The van der Waals surface area contributed by atoms with Crippen molar-refractivity contribution >= 4 is 16.5 Å². The van der Waals surface area contributed by atoms with Crippen molar-refractivity contribution in [2.45, 2.75) is 26.4 Å². The molecule has 108 valence electrons. The smallest absolute Gasteiger partial charge is 0.185 e. The minimum absolute atomic E-state index is 0.199. The Morgan fingerprint density at radius 2 is 2.05 bits per heavy atom. The van der Waals surface area contributed by atoms with Crippen LogP contribution in [0.2, 0.25) is 0 Å². The number of nitrogens with one attached hydrogen (secondary N) is 1. The number of benzene rings is 1. The molecule has 3 nitrogen and oxygen atoms in total. The maximum atomic E-state index is 12.9. The average Bonchev–Trinajstić information content (AvgIpc) is 2.91. The van der Waals surface area contributed by atoms with Crippen LogP contribution in [0, 0.1) is 5.82 Å². The largest absolute Gasteiger partial charge is 0.347 e. The van der Waals surface area contributed by atoms with Crippen molar-refractivity contribution in [3.8, 4) is 0 Å². The molecular formula is C15H20FN3S. The van der Waals surface area contributed by atoms with Crippen LogP contribution >= 0.6 is 11.3 Å². The third kappa shape index (κ3) is 4.28. The molecule has 2 rings (SSSR count). The number of anilines is 1. The van der Waals surface area contributed by atoms with Gasteiger partial charge in [0.05, 0.1) is 0 Å². The highest BCUT2D eigenvalue weighted by Gasteiger charge is 2.07. The van der Waals surface area contributed by atoms with E-state index in [4.69, 9.17) is 0 Å². The summed E-state index contributed by atoms with van der Waals surface area (Å²) in [7, 11) is 2.01. The van der Waals surface area contributed by atoms with E-state index in [1.165, 1.54) is 17.0 Å². The number of halogens is 1. The van der Waals surface area contributed by atoms with Crippen molar-refractivity contribution in [1.29, 1.82) is 0 Å². The van der Waals surface area contributed by atoms with Gasteiger partial charge in [-0.1, -0.05) is 19.1 Å². The van der Waals surface area contributed by atoms with Gasteiger partial charge in [-0.3, -0.25) is 0 Å². The Kier molecular flexibility index (Phi) is 5.49. The minimum Gasteiger partial charge on any atom is -0.347 e. The summed E-state index contributed by atoms with van der Waals surface area (Å²) in [6, 6.07) is 6.60. The Hall–Kier alpha value is -1.46. The van der Waals surface area contributed by atoms with E-state index in [-0.39, 0.29) is 5.82 Å². The molecule has 1 aromatic carbocycles. The molecule has 0 saturated carbocycles. The third-order valence-electron chi connectivity index (χ3n) is 2.93. The molecule has 0 aliphatic heterocycles. The number of rotatable bonds is 7. The number of nitrogens with zero attached hydrogens (tertiary/aromatic N) is 2. The number of hydrogen-bond donors (Lipinski definition) is 1. The SMILES string of the molecule is CCCNCc1cnc(N(C)Cc2ccc(F)cc2)s1. The van der Waals surface area contributed by atoms with Gasteiger partial charge in [-0.2, -0.15) is 0 Å². The Morgan fingerprint density at radius 3 is 2.75 bits per heavy atom. The lowest BCUT2D eigenvalue weighted by molar-refractivity contribution is 0.627. The molecule has 20 heavy (non-hydrogen) atoms. The molecule has 0 spiro atoms. The normalized spacial score (nSPS) is 10.8. The second-order valence-corrected chi connectivity index (χ2v) is 5.86. The summed E-state index contributed by atoms with van der Waals surface area (Å²) in [6.45, 7) is 4.78. The van der Waals surface area contributed by atoms with Crippen molar-refractivity contribution in [3.63, 3.8) is 0 Å². The van der Waals surface area contributed by atoms with Gasteiger partial charge in [0.15, 0.2) is 5.13 Å². The van der Waals surface area contributed by atoms with Crippen molar-refractivity contribution in [2.75, 3.05) is 18.5 Å². The average molecular weight is 293 g/mol. The van der Waals surface area contributed by atoms with Crippen LogP contribution < -0.4 is 10.2 Å². The van der Waals surface area contributed by atoms with Gasteiger partial charge in [0.1, 0.15) is 5.82 Å². The fourth-order valence-corrected chi connectivity index (χ4v) is 2.71. The van der Waals surface area contributed by atoms with E-state index in [1.807, 2.05) is 25.4 Å². The highest BCUT2D eigenvalue weighted by molar-refractivity contribution is 7.15. The van der Waals surface area contributed by atoms with E-state index in [0.29, 0.717) is 0 Å². The fourth-order valence-electron chi connectivity index (χ4n) is 1.88. The Labute approximate surface area is 123 Å². The van der Waals surface area contributed by atoms with Crippen LogP contribution in [0.15, 0.2) is 30.5 Å². The third-order valence-corrected chi connectivity index (χ3v) is 4.04. The molecule has 1 heterocycles. The van der Waals surface area contributed by atoms with Crippen LogP contribution in [0.1, 0.15) is 23.8 Å². The summed E-state index contributed by atoms with van der Waals surface area (Å²) in [5.41, 5.74) is 1.08. The summed E-state index contributed by atoms with van der Waals surface area (Å²) in [6.07, 6.45) is 3.06. The molecule has 0 bridgehead atoms. The topological polar surface area (TPSA) is 28.2 Å². The second kappa shape index (κ2) is 7.36. The number of aromatic nitrogens is 1. The molecule has 0 aliphatic carbocycles. The summed E-state index contributed by atoms with van der Waals surface area (Å²) in [5.74, 6) is -0.199. The maximum Gasteiger partial charge on any atom is 0.185 e. The first kappa shape index (κ1) is 14.9. The predicted octanol–water partition coefficient (Wildman–Crippen LogP) is 3.42. The maximum absolute atomic E-state index is 12.9. The lowest BCUT2D eigenvalue weighted by Crippen LogP contribution is -2.15. The van der Waals surface area contributed by atoms with Crippen LogP contribution in [-0.4, -0.2) is 18.6 Å². The summed E-state index contributed by atoms with van der Waals surface area (Å²) < 4.78 is 12.9. The molecule has 0 radical (unpaired) electrons. The molecule has 0 saturated heterocycles. The molecule has 0 unspecified atom stereocenters. The second-order valence-electron chi connectivity index (χ2n) is 4.77. The monoisotopic (exact) mass is 293 g/mol. The first-order valence-corrected chi connectivity index (χ1v) is 7.61. The van der Waals surface area contributed by atoms with Crippen LogP contribution in [-0.2, 0) is 13.1 Å². The number of thiazole rings is 1. The van der Waals surface area contributed by atoms with Gasteiger partial charge >= 0.3 is 0 Å². The zero-order chi connectivity index (χ0) is 14.4. The first-order chi connectivity index (χ1) is 9.69. The zero-order valence-electron chi connectivity index (χ0n) is 11.9. The molecule has 0 aliphatic rings. The van der Waals surface area contributed by atoms with Crippen molar-refractivity contribution < 1.29 is 4.39 Å². The highest BCUT2D eigenvalue weighted by Crippen LogP contribution is 2.22. The van der Waals surface area contributed by atoms with Gasteiger partial charge in [0, 0.05) is 31.2 Å². The molecule has 0 fully saturated rings. The molecule has 1 N–H and O–H groups in total. The summed E-state index contributed by atoms with van der Waals surface area (Å²) >= 11 is 1.69. The van der Waals surface area contributed by atoms with Gasteiger partial charge in [0.25, 0.3) is 0 Å². The minimum atomic E-state index is -0.199. The van der Waals surface area contributed by atoms with Crippen LogP contribution in [0.5, 0.6) is 0 Å². The van der Waals surface area contributed by atoms with Crippen molar-refractivity contribution in [1.82, 2.24) is 10.3 Å². The van der Waals surface area contributed by atoms with Gasteiger partial charge in [-0.05, 0) is 30.7 Å². The van der Waals surface area contributed by atoms with Crippen LogP contribution in [0.25, 0.3) is 0 Å². The van der Waals surface area contributed by atoms with Gasteiger partial charge in [-0.15, -0.1) is 11.3 Å². The van der Waals surface area contributed by atoms with E-state index < -0.39 is 0 Å². The molecule has 5 heteroatoms. The Morgan fingerprint density at radius 1 is 1.30 bits per heavy atom. The van der Waals surface area contributed by atoms with E-state index in [0.717, 1.165) is 36.8 Å². The van der Waals surface area contributed by atoms with Gasteiger partial charge in [0.2, 0.25) is 0 Å². The quantitative estimate of drug-likeness (QED) is 0.793. The van der Waals surface area contributed by atoms with Crippen LogP contribution in [0.3, 0.4) is 0 Å². The lowest BCUT2D eigenvalue weighted by Gasteiger charge is -2.15. The van der Waals surface area contributed by atoms with E-state index >= 15 is 0 Å². The van der Waals surface area contributed by atoms with E-state index in [1.54, 1.807) is 11.3 Å². The Bertz CT molecular complexity index is 524. The molecular weight excluding hydrogens is 273 g/mol. The summed E-state index contributed by atoms with van der Waals surface area (Å²) in [5, 5.41) is 4.36. The fraction of sp³-hybridized carbons (Fsp3) is 0.400. The van der Waals surface area contributed by atoms with E-state index in [2.05, 4.69) is 22.1 Å². The van der Waals surface area contributed by atoms with Gasteiger partial charge < -0.3 is 10.2 Å². The molecule has 0 atom stereocenters. The van der Waals surface area contributed by atoms with E-state index in [9.17, 15) is 4.39 Å². The van der Waals surface area contributed by atoms with Crippen molar-refractivity contribution in [3.05, 3.63) is 46.7 Å². The molecule has 1 aromatic heterocycles. The molecule has 0 amide bonds. The lowest BCUT2D eigenvalue weighted by atomic mass is 10.2. The Balaban J connectivity index is 1.91. The standard InChI is InChI=1S/C15H20FN3S/c1-3-8-17-9-14-10-18-15(20-14)19(2)11-12-4-6-13(16)7-5-12/h4-7,10,17H,3,8-9,11H2,1-2H3. The van der Waals surface area contributed by atoms with Crippen LogP contribution in [0.4, 0.5) is 9.52 Å². The molecule has 2 aromatic rings. The number of hydrogen-bond acceptors (Lipinski definition) is 4. The highest BCUT2D eigenvalue weighted by atomic mass is 32.1. The summed E-state index contributed by atoms with van der Waals surface area (Å²) in [4.78, 5) is 7.76. The van der Waals surface area contributed by atoms with Gasteiger partial charge in [-0.25, -0.2) is 9.37 Å². The predicted molar refractivity (Wildman–Crippen MR) is 82.6 cm³/mol. The first-order valence-electron chi connectivity index (χ1n) is 6.80. The zero-order valence-corrected chi connectivity index (χ0v) is 12.7. The van der Waals surface area contributed by atoms with Crippen molar-refractivity contribution in [2.24, 2.45) is 0 Å².